The van der Waals surface area contributed by atoms with Gasteiger partial charge in [-0.05, 0) is 43.2 Å². The fourth-order valence-corrected chi connectivity index (χ4v) is 3.37. The lowest BCUT2D eigenvalue weighted by Gasteiger charge is -2.43. The molecule has 1 aromatic rings. The summed E-state index contributed by atoms with van der Waals surface area (Å²) in [5.41, 5.74) is 3.37. The first-order chi connectivity index (χ1) is 9.01. The molecule has 0 amide bonds. The molecule has 1 saturated heterocycles. The third-order valence-corrected chi connectivity index (χ3v) is 4.80. The number of benzene rings is 1. The van der Waals surface area contributed by atoms with Crippen LogP contribution < -0.4 is 5.32 Å². The number of piperidine rings is 1. The second-order valence-corrected chi connectivity index (χ2v) is 7.01. The van der Waals surface area contributed by atoms with Gasteiger partial charge >= 0.3 is 0 Å². The van der Waals surface area contributed by atoms with Crippen LogP contribution in [-0.4, -0.2) is 13.1 Å². The van der Waals surface area contributed by atoms with Crippen LogP contribution in [0.1, 0.15) is 57.1 Å². The van der Waals surface area contributed by atoms with E-state index in [-0.39, 0.29) is 0 Å². The molecule has 0 aliphatic carbocycles. The van der Waals surface area contributed by atoms with Gasteiger partial charge in [0.25, 0.3) is 0 Å². The molecular formula is C18H29N. The van der Waals surface area contributed by atoms with E-state index in [4.69, 9.17) is 0 Å². The van der Waals surface area contributed by atoms with E-state index in [0.29, 0.717) is 11.3 Å². The summed E-state index contributed by atoms with van der Waals surface area (Å²) in [5, 5.41) is 3.60. The number of hydrogen-bond donors (Lipinski definition) is 1. The van der Waals surface area contributed by atoms with E-state index < -0.39 is 0 Å². The van der Waals surface area contributed by atoms with Gasteiger partial charge in [-0.15, -0.1) is 0 Å². The molecule has 1 heteroatoms. The molecular weight excluding hydrogens is 230 g/mol. The van der Waals surface area contributed by atoms with Crippen molar-refractivity contribution >= 4 is 0 Å². The molecule has 1 heterocycles. The maximum Gasteiger partial charge on any atom is 0.00254 e. The van der Waals surface area contributed by atoms with E-state index >= 15 is 0 Å². The van der Waals surface area contributed by atoms with Crippen molar-refractivity contribution in [1.29, 1.82) is 0 Å². The molecule has 106 valence electrons. The van der Waals surface area contributed by atoms with Crippen molar-refractivity contribution in [3.8, 4) is 0 Å². The predicted octanol–water partition coefficient (Wildman–Crippen LogP) is 4.51. The fraction of sp³-hybridized carbons (Fsp3) is 0.667. The molecule has 2 unspecified atom stereocenters. The van der Waals surface area contributed by atoms with Crippen molar-refractivity contribution in [3.05, 3.63) is 35.4 Å². The third-order valence-electron chi connectivity index (χ3n) is 4.80. The molecule has 1 aromatic carbocycles. The molecule has 1 N–H and O–H groups in total. The van der Waals surface area contributed by atoms with Crippen molar-refractivity contribution in [3.63, 3.8) is 0 Å². The van der Waals surface area contributed by atoms with E-state index in [1.807, 2.05) is 0 Å². The highest BCUT2D eigenvalue weighted by Crippen LogP contribution is 2.44. The summed E-state index contributed by atoms with van der Waals surface area (Å²) >= 11 is 0. The van der Waals surface area contributed by atoms with E-state index in [1.165, 1.54) is 36.9 Å². The highest BCUT2D eigenvalue weighted by Gasteiger charge is 2.37. The third kappa shape index (κ3) is 3.60. The average molecular weight is 259 g/mol. The number of hydrogen-bond acceptors (Lipinski definition) is 1. The Bertz CT molecular complexity index is 410. The number of nitrogens with one attached hydrogen (secondary N) is 1. The van der Waals surface area contributed by atoms with Crippen LogP contribution in [0.5, 0.6) is 0 Å². The van der Waals surface area contributed by atoms with Crippen LogP contribution in [-0.2, 0) is 0 Å². The van der Waals surface area contributed by atoms with Crippen LogP contribution in [0.4, 0.5) is 0 Å². The van der Waals surface area contributed by atoms with Gasteiger partial charge in [-0.25, -0.2) is 0 Å². The van der Waals surface area contributed by atoms with Gasteiger partial charge in [0.15, 0.2) is 0 Å². The zero-order valence-electron chi connectivity index (χ0n) is 13.0. The van der Waals surface area contributed by atoms with Crippen LogP contribution in [0, 0.1) is 18.3 Å². The Kier molecular flexibility index (Phi) is 4.67. The normalized spacial score (nSPS) is 27.7. The molecule has 1 fully saturated rings. The first-order valence-electron chi connectivity index (χ1n) is 7.78. The second-order valence-electron chi connectivity index (χ2n) is 7.01. The molecule has 0 radical (unpaired) electrons. The molecule has 1 nitrogen and oxygen atoms in total. The standard InChI is InChI=1S/C18H29N/c1-14(2)8-9-18(4)10-11-19-13-17(18)16-7-5-6-15(3)12-16/h5-7,12,14,17,19H,8-11,13H2,1-4H3. The lowest BCUT2D eigenvalue weighted by Crippen LogP contribution is -2.42. The van der Waals surface area contributed by atoms with Crippen LogP contribution >= 0.6 is 0 Å². The lowest BCUT2D eigenvalue weighted by atomic mass is 9.66. The molecule has 1 aliphatic rings. The van der Waals surface area contributed by atoms with Crippen LogP contribution in [0.15, 0.2) is 24.3 Å². The van der Waals surface area contributed by atoms with Crippen LogP contribution in [0.2, 0.25) is 0 Å². The maximum atomic E-state index is 3.60. The maximum absolute atomic E-state index is 3.60. The molecule has 19 heavy (non-hydrogen) atoms. The Labute approximate surface area is 118 Å². The van der Waals surface area contributed by atoms with Gasteiger partial charge in [0.05, 0.1) is 0 Å². The molecule has 1 aliphatic heterocycles. The minimum absolute atomic E-state index is 0.462. The zero-order chi connectivity index (χ0) is 13.9. The Morgan fingerprint density at radius 2 is 2.16 bits per heavy atom. The zero-order valence-corrected chi connectivity index (χ0v) is 13.0. The number of aryl methyl sites for hydroxylation is 1. The lowest BCUT2D eigenvalue weighted by molar-refractivity contribution is 0.161. The highest BCUT2D eigenvalue weighted by atomic mass is 14.9. The topological polar surface area (TPSA) is 12.0 Å². The van der Waals surface area contributed by atoms with E-state index in [1.54, 1.807) is 0 Å². The van der Waals surface area contributed by atoms with Crippen LogP contribution in [0.3, 0.4) is 0 Å². The summed E-state index contributed by atoms with van der Waals surface area (Å²) in [4.78, 5) is 0. The largest absolute Gasteiger partial charge is 0.316 e. The average Bonchev–Trinajstić information content (AvgIpc) is 2.37. The van der Waals surface area contributed by atoms with Crippen molar-refractivity contribution in [2.45, 2.75) is 52.9 Å². The Hall–Kier alpha value is -0.820. The Morgan fingerprint density at radius 3 is 2.84 bits per heavy atom. The molecule has 0 spiro atoms. The highest BCUT2D eigenvalue weighted by molar-refractivity contribution is 5.28. The van der Waals surface area contributed by atoms with Gasteiger partial charge in [0, 0.05) is 12.5 Å². The molecule has 0 bridgehead atoms. The smallest absolute Gasteiger partial charge is 0.00254 e. The summed E-state index contributed by atoms with van der Waals surface area (Å²) < 4.78 is 0. The molecule has 2 rings (SSSR count). The monoisotopic (exact) mass is 259 g/mol. The molecule has 2 atom stereocenters. The van der Waals surface area contributed by atoms with E-state index in [0.717, 1.165) is 12.5 Å². The molecule has 0 saturated carbocycles. The summed E-state index contributed by atoms with van der Waals surface area (Å²) in [7, 11) is 0. The minimum atomic E-state index is 0.462. The van der Waals surface area contributed by atoms with Gasteiger partial charge in [0.2, 0.25) is 0 Å². The van der Waals surface area contributed by atoms with Gasteiger partial charge in [0.1, 0.15) is 0 Å². The van der Waals surface area contributed by atoms with Crippen molar-refractivity contribution in [2.24, 2.45) is 11.3 Å². The van der Waals surface area contributed by atoms with Crippen molar-refractivity contribution in [2.75, 3.05) is 13.1 Å². The fourth-order valence-electron chi connectivity index (χ4n) is 3.37. The minimum Gasteiger partial charge on any atom is -0.316 e. The van der Waals surface area contributed by atoms with Crippen LogP contribution in [0.25, 0.3) is 0 Å². The number of rotatable bonds is 4. The van der Waals surface area contributed by atoms with Crippen molar-refractivity contribution in [1.82, 2.24) is 5.32 Å². The van der Waals surface area contributed by atoms with E-state index in [9.17, 15) is 0 Å². The quantitative estimate of drug-likeness (QED) is 0.838. The summed E-state index contributed by atoms with van der Waals surface area (Å²) in [6, 6.07) is 9.11. The second kappa shape index (κ2) is 6.09. The first-order valence-corrected chi connectivity index (χ1v) is 7.78. The molecule has 0 aromatic heterocycles. The van der Waals surface area contributed by atoms with Gasteiger partial charge in [-0.2, -0.15) is 0 Å². The SMILES string of the molecule is Cc1cccc(C2CNCCC2(C)CCC(C)C)c1. The van der Waals surface area contributed by atoms with Crippen molar-refractivity contribution < 1.29 is 0 Å². The van der Waals surface area contributed by atoms with E-state index in [2.05, 4.69) is 57.3 Å². The summed E-state index contributed by atoms with van der Waals surface area (Å²) in [6.07, 6.45) is 4.00. The first kappa shape index (κ1) is 14.6. The predicted molar refractivity (Wildman–Crippen MR) is 83.6 cm³/mol. The summed E-state index contributed by atoms with van der Waals surface area (Å²) in [6.45, 7) is 11.7. The Balaban J connectivity index is 2.19. The van der Waals surface area contributed by atoms with Gasteiger partial charge < -0.3 is 5.32 Å². The summed E-state index contributed by atoms with van der Waals surface area (Å²) in [5.74, 6) is 1.48. The van der Waals surface area contributed by atoms with Gasteiger partial charge in [-0.1, -0.05) is 57.0 Å². The Morgan fingerprint density at radius 1 is 1.37 bits per heavy atom. The van der Waals surface area contributed by atoms with Gasteiger partial charge in [-0.3, -0.25) is 0 Å².